The van der Waals surface area contributed by atoms with Gasteiger partial charge in [-0.15, -0.1) is 13.2 Å². The highest BCUT2D eigenvalue weighted by molar-refractivity contribution is 5.89. The molecule has 0 spiro atoms. The lowest BCUT2D eigenvalue weighted by atomic mass is 10.1. The van der Waals surface area contributed by atoms with Crippen LogP contribution < -0.4 is 0 Å². The number of hydrogen-bond acceptors (Lipinski definition) is 4. The highest BCUT2D eigenvalue weighted by atomic mass is 16.3. The second-order valence-corrected chi connectivity index (χ2v) is 6.49. The molecule has 1 aliphatic carbocycles. The highest BCUT2D eigenvalue weighted by Gasteiger charge is 2.38. The zero-order valence-electron chi connectivity index (χ0n) is 14.2. The molecule has 0 radical (unpaired) electrons. The van der Waals surface area contributed by atoms with Crippen molar-refractivity contribution in [1.82, 2.24) is 9.80 Å². The monoisotopic (exact) mass is 325 g/mol. The number of allylic oxidation sites excluding steroid dienone is 4. The lowest BCUT2D eigenvalue weighted by Crippen LogP contribution is -2.49. The van der Waals surface area contributed by atoms with E-state index < -0.39 is 6.23 Å². The number of aliphatic hydroxyl groups excluding tert-OH is 1. The second-order valence-electron chi connectivity index (χ2n) is 6.49. The van der Waals surface area contributed by atoms with Gasteiger partial charge in [0, 0.05) is 19.6 Å². The Labute approximate surface area is 144 Å². The Balaban J connectivity index is 1.84. The summed E-state index contributed by atoms with van der Waals surface area (Å²) in [6.07, 6.45) is 17.0. The molecule has 3 unspecified atom stereocenters. The summed E-state index contributed by atoms with van der Waals surface area (Å²) in [4.78, 5) is 9.05. The van der Waals surface area contributed by atoms with Crippen molar-refractivity contribution in [1.29, 1.82) is 0 Å². The van der Waals surface area contributed by atoms with E-state index in [-0.39, 0.29) is 12.1 Å². The van der Waals surface area contributed by atoms with Gasteiger partial charge < -0.3 is 10.0 Å². The minimum absolute atomic E-state index is 0.0382. The van der Waals surface area contributed by atoms with Crippen LogP contribution in [0.4, 0.5) is 0 Å². The molecule has 1 N–H and O–H groups in total. The maximum absolute atomic E-state index is 10.9. The zero-order valence-corrected chi connectivity index (χ0v) is 14.2. The van der Waals surface area contributed by atoms with Crippen molar-refractivity contribution < 1.29 is 5.11 Å². The third kappa shape index (κ3) is 3.45. The van der Waals surface area contributed by atoms with Crippen molar-refractivity contribution in [3.63, 3.8) is 0 Å². The molecule has 0 aromatic heterocycles. The van der Waals surface area contributed by atoms with Gasteiger partial charge in [0.05, 0.1) is 12.1 Å². The Hall–Kier alpha value is -1.91. The van der Waals surface area contributed by atoms with E-state index in [0.717, 1.165) is 38.2 Å². The minimum Gasteiger partial charge on any atom is -0.371 e. The molecule has 3 rings (SSSR count). The lowest BCUT2D eigenvalue weighted by molar-refractivity contribution is 0.0678. The van der Waals surface area contributed by atoms with Gasteiger partial charge in [0.1, 0.15) is 5.84 Å². The SMILES string of the molecule is C=CC1N=C(C(O)N2CCCC2)N(CC2=CC=CCC=C2)C1C=C. The number of aliphatic hydroxyl groups is 1. The van der Waals surface area contributed by atoms with Crippen molar-refractivity contribution in [3.05, 3.63) is 61.3 Å². The van der Waals surface area contributed by atoms with E-state index in [0.29, 0.717) is 6.54 Å². The van der Waals surface area contributed by atoms with E-state index in [1.54, 1.807) is 0 Å². The van der Waals surface area contributed by atoms with Gasteiger partial charge in [0.25, 0.3) is 0 Å². The average molecular weight is 325 g/mol. The summed E-state index contributed by atoms with van der Waals surface area (Å²) in [5.74, 6) is 0.745. The van der Waals surface area contributed by atoms with Gasteiger partial charge in [-0.05, 0) is 24.8 Å². The third-order valence-electron chi connectivity index (χ3n) is 4.89. The Morgan fingerprint density at radius 2 is 2.04 bits per heavy atom. The normalized spacial score (nSPS) is 28.5. The molecule has 3 atom stereocenters. The van der Waals surface area contributed by atoms with Crippen molar-refractivity contribution in [2.45, 2.75) is 37.6 Å². The maximum atomic E-state index is 10.9. The molecule has 1 fully saturated rings. The van der Waals surface area contributed by atoms with Gasteiger partial charge in [-0.2, -0.15) is 0 Å². The molecule has 0 bridgehead atoms. The molecule has 24 heavy (non-hydrogen) atoms. The van der Waals surface area contributed by atoms with Crippen molar-refractivity contribution in [2.24, 2.45) is 4.99 Å². The molecule has 1 saturated heterocycles. The van der Waals surface area contributed by atoms with Crippen LogP contribution in [0.5, 0.6) is 0 Å². The quantitative estimate of drug-likeness (QED) is 0.763. The fraction of sp³-hybridized carbons (Fsp3) is 0.450. The highest BCUT2D eigenvalue weighted by Crippen LogP contribution is 2.25. The van der Waals surface area contributed by atoms with Crippen LogP contribution in [0.2, 0.25) is 0 Å². The van der Waals surface area contributed by atoms with Gasteiger partial charge in [-0.3, -0.25) is 9.89 Å². The van der Waals surface area contributed by atoms with E-state index in [1.807, 2.05) is 12.2 Å². The van der Waals surface area contributed by atoms with Crippen LogP contribution in [0, 0.1) is 0 Å². The molecule has 2 heterocycles. The molecule has 0 saturated carbocycles. The fourth-order valence-electron chi connectivity index (χ4n) is 3.58. The molecular formula is C20H27N3O. The number of aliphatic imine (C=N–C) groups is 1. The molecule has 128 valence electrons. The first-order chi connectivity index (χ1) is 11.7. The van der Waals surface area contributed by atoms with Gasteiger partial charge in [0.2, 0.25) is 0 Å². The van der Waals surface area contributed by atoms with Crippen molar-refractivity contribution in [2.75, 3.05) is 19.6 Å². The molecule has 3 aliphatic rings. The maximum Gasteiger partial charge on any atom is 0.165 e. The minimum atomic E-state index is -0.647. The topological polar surface area (TPSA) is 39.1 Å². The lowest BCUT2D eigenvalue weighted by Gasteiger charge is -2.32. The van der Waals surface area contributed by atoms with Crippen LogP contribution in [0.1, 0.15) is 19.3 Å². The number of amidine groups is 1. The van der Waals surface area contributed by atoms with Gasteiger partial charge in [-0.25, -0.2) is 0 Å². The summed E-state index contributed by atoms with van der Waals surface area (Å²) in [6.45, 7) is 10.5. The molecule has 0 aromatic rings. The molecule has 4 nitrogen and oxygen atoms in total. The summed E-state index contributed by atoms with van der Waals surface area (Å²) in [7, 11) is 0. The fourth-order valence-corrected chi connectivity index (χ4v) is 3.58. The predicted octanol–water partition coefficient (Wildman–Crippen LogP) is 2.67. The number of hydrogen-bond donors (Lipinski definition) is 1. The summed E-state index contributed by atoms with van der Waals surface area (Å²) in [5, 5.41) is 10.9. The predicted molar refractivity (Wildman–Crippen MR) is 99.9 cm³/mol. The first kappa shape index (κ1) is 16.9. The Kier molecular flexibility index (Phi) is 5.48. The summed E-state index contributed by atoms with van der Waals surface area (Å²) < 4.78 is 0. The molecule has 0 aromatic carbocycles. The Bertz CT molecular complexity index is 596. The number of likely N-dealkylation sites (tertiary alicyclic amines) is 1. The summed E-state index contributed by atoms with van der Waals surface area (Å²) in [6, 6.07) is -0.0167. The zero-order chi connectivity index (χ0) is 16.9. The third-order valence-corrected chi connectivity index (χ3v) is 4.89. The van der Waals surface area contributed by atoms with E-state index in [4.69, 9.17) is 4.99 Å². The number of rotatable bonds is 6. The second kappa shape index (κ2) is 7.77. The van der Waals surface area contributed by atoms with E-state index in [1.165, 1.54) is 5.57 Å². The van der Waals surface area contributed by atoms with E-state index in [9.17, 15) is 5.11 Å². The molecular weight excluding hydrogens is 298 g/mol. The van der Waals surface area contributed by atoms with Crippen LogP contribution in [0.15, 0.2) is 66.3 Å². The first-order valence-electron chi connectivity index (χ1n) is 8.78. The van der Waals surface area contributed by atoms with Crippen LogP contribution >= 0.6 is 0 Å². The molecule has 4 heteroatoms. The van der Waals surface area contributed by atoms with Gasteiger partial charge in [0.15, 0.2) is 6.23 Å². The summed E-state index contributed by atoms with van der Waals surface area (Å²) in [5.41, 5.74) is 1.21. The molecule has 2 aliphatic heterocycles. The Morgan fingerprint density at radius 1 is 1.25 bits per heavy atom. The smallest absolute Gasteiger partial charge is 0.165 e. The van der Waals surface area contributed by atoms with Crippen LogP contribution in [-0.2, 0) is 0 Å². The van der Waals surface area contributed by atoms with Gasteiger partial charge >= 0.3 is 0 Å². The van der Waals surface area contributed by atoms with Gasteiger partial charge in [-0.1, -0.05) is 42.5 Å². The Morgan fingerprint density at radius 3 is 2.75 bits per heavy atom. The first-order valence-corrected chi connectivity index (χ1v) is 8.78. The average Bonchev–Trinajstić information content (AvgIpc) is 3.17. The molecule has 0 amide bonds. The van der Waals surface area contributed by atoms with E-state index in [2.05, 4.69) is 53.3 Å². The summed E-state index contributed by atoms with van der Waals surface area (Å²) >= 11 is 0. The van der Waals surface area contributed by atoms with Crippen molar-refractivity contribution in [3.8, 4) is 0 Å². The van der Waals surface area contributed by atoms with Crippen LogP contribution in [0.3, 0.4) is 0 Å². The standard InChI is InChI=1S/C20H27N3O/c1-3-17-18(4-2)23(15-16-11-7-5-6-8-12-16)19(21-17)20(24)22-13-9-10-14-22/h3-5,7-8,11-12,17-18,20,24H,1-2,6,9-10,13-15H2. The van der Waals surface area contributed by atoms with Crippen LogP contribution in [0.25, 0.3) is 0 Å². The number of nitrogens with zero attached hydrogens (tertiary/aromatic N) is 3. The van der Waals surface area contributed by atoms with Crippen LogP contribution in [-0.4, -0.2) is 58.7 Å². The largest absolute Gasteiger partial charge is 0.371 e. The van der Waals surface area contributed by atoms with Crippen molar-refractivity contribution >= 4 is 5.84 Å². The van der Waals surface area contributed by atoms with E-state index >= 15 is 0 Å².